The Morgan fingerprint density at radius 3 is 2.68 bits per heavy atom. The van der Waals surface area contributed by atoms with E-state index in [0.717, 1.165) is 53.6 Å². The summed E-state index contributed by atoms with van der Waals surface area (Å²) in [6.07, 6.45) is 7.59. The fourth-order valence-electron chi connectivity index (χ4n) is 4.30. The van der Waals surface area contributed by atoms with Gasteiger partial charge in [0.15, 0.2) is 0 Å². The van der Waals surface area contributed by atoms with Crippen LogP contribution in [0.1, 0.15) is 23.2 Å². The SMILES string of the molecule is Cn1cc(-c2ccc(C(=O)N(c3nccc4ccccc34)[C@@H]3CCCNC3)cc2)cn1. The number of carbonyl (C=O) groups is 1. The molecule has 1 saturated heterocycles. The topological polar surface area (TPSA) is 63.1 Å². The lowest BCUT2D eigenvalue weighted by Crippen LogP contribution is -2.49. The number of hydrogen-bond donors (Lipinski definition) is 1. The molecular formula is C25H25N5O. The minimum atomic E-state index is -0.0183. The molecule has 1 atom stereocenters. The van der Waals surface area contributed by atoms with Crippen molar-refractivity contribution in [2.24, 2.45) is 7.05 Å². The van der Waals surface area contributed by atoms with Crippen LogP contribution < -0.4 is 10.2 Å². The van der Waals surface area contributed by atoms with Crippen molar-refractivity contribution in [3.05, 3.63) is 78.8 Å². The van der Waals surface area contributed by atoms with Crippen molar-refractivity contribution >= 4 is 22.5 Å². The number of piperidine rings is 1. The molecule has 156 valence electrons. The Morgan fingerprint density at radius 1 is 1.10 bits per heavy atom. The first-order valence-electron chi connectivity index (χ1n) is 10.7. The number of nitrogens with zero attached hydrogens (tertiary/aromatic N) is 4. The van der Waals surface area contributed by atoms with Gasteiger partial charge in [-0.1, -0.05) is 36.4 Å². The summed E-state index contributed by atoms with van der Waals surface area (Å²) in [6, 6.07) is 17.9. The van der Waals surface area contributed by atoms with E-state index in [1.807, 2.05) is 72.9 Å². The van der Waals surface area contributed by atoms with Crippen molar-refractivity contribution in [3.8, 4) is 11.1 Å². The Morgan fingerprint density at radius 2 is 1.94 bits per heavy atom. The van der Waals surface area contributed by atoms with E-state index in [4.69, 9.17) is 0 Å². The maximum Gasteiger partial charge on any atom is 0.259 e. The fraction of sp³-hybridized carbons (Fsp3) is 0.240. The first-order valence-corrected chi connectivity index (χ1v) is 10.7. The van der Waals surface area contributed by atoms with Crippen LogP contribution in [0.15, 0.2) is 73.2 Å². The molecule has 6 nitrogen and oxygen atoms in total. The number of amides is 1. The molecule has 1 aliphatic rings. The molecule has 4 aromatic rings. The minimum absolute atomic E-state index is 0.0183. The van der Waals surface area contributed by atoms with Gasteiger partial charge in [0.1, 0.15) is 5.82 Å². The molecule has 0 unspecified atom stereocenters. The highest BCUT2D eigenvalue weighted by molar-refractivity contribution is 6.10. The van der Waals surface area contributed by atoms with Gasteiger partial charge in [-0.15, -0.1) is 0 Å². The molecule has 0 radical (unpaired) electrons. The zero-order chi connectivity index (χ0) is 21.2. The molecule has 2 aromatic carbocycles. The quantitative estimate of drug-likeness (QED) is 0.551. The summed E-state index contributed by atoms with van der Waals surface area (Å²) >= 11 is 0. The first kappa shape index (κ1) is 19.5. The van der Waals surface area contributed by atoms with E-state index in [0.29, 0.717) is 5.56 Å². The average Bonchev–Trinajstić information content (AvgIpc) is 3.26. The summed E-state index contributed by atoms with van der Waals surface area (Å²) in [4.78, 5) is 20.3. The van der Waals surface area contributed by atoms with Crippen LogP contribution in [0.5, 0.6) is 0 Å². The molecule has 6 heteroatoms. The molecule has 0 saturated carbocycles. The highest BCUT2D eigenvalue weighted by Gasteiger charge is 2.29. The molecule has 3 heterocycles. The van der Waals surface area contributed by atoms with Crippen LogP contribution in [0, 0.1) is 0 Å². The molecule has 5 rings (SSSR count). The highest BCUT2D eigenvalue weighted by atomic mass is 16.2. The van der Waals surface area contributed by atoms with Gasteiger partial charge < -0.3 is 5.32 Å². The van der Waals surface area contributed by atoms with E-state index >= 15 is 0 Å². The molecule has 2 aromatic heterocycles. The molecule has 0 aliphatic carbocycles. The molecule has 0 bridgehead atoms. The maximum absolute atomic E-state index is 13.8. The Labute approximate surface area is 181 Å². The minimum Gasteiger partial charge on any atom is -0.315 e. The Kier molecular flexibility index (Phi) is 5.22. The Bertz CT molecular complexity index is 1200. The normalized spacial score (nSPS) is 16.4. The Balaban J connectivity index is 1.54. The number of aromatic nitrogens is 3. The number of aryl methyl sites for hydroxylation is 1. The van der Waals surface area contributed by atoms with Gasteiger partial charge in [0.25, 0.3) is 5.91 Å². The number of rotatable bonds is 4. The van der Waals surface area contributed by atoms with Crippen molar-refractivity contribution in [3.63, 3.8) is 0 Å². The third kappa shape index (κ3) is 3.82. The number of benzene rings is 2. The van der Waals surface area contributed by atoms with Crippen molar-refractivity contribution in [1.82, 2.24) is 20.1 Å². The molecule has 1 amide bonds. The second kappa shape index (κ2) is 8.32. The average molecular weight is 412 g/mol. The van der Waals surface area contributed by atoms with Gasteiger partial charge in [-0.3, -0.25) is 14.4 Å². The van der Waals surface area contributed by atoms with Gasteiger partial charge in [-0.2, -0.15) is 5.10 Å². The molecule has 31 heavy (non-hydrogen) atoms. The highest BCUT2D eigenvalue weighted by Crippen LogP contribution is 2.29. The van der Waals surface area contributed by atoms with E-state index in [1.54, 1.807) is 10.9 Å². The van der Waals surface area contributed by atoms with Crippen LogP contribution in [0.4, 0.5) is 5.82 Å². The second-order valence-electron chi connectivity index (χ2n) is 8.01. The van der Waals surface area contributed by atoms with E-state index in [1.165, 1.54) is 0 Å². The lowest BCUT2D eigenvalue weighted by molar-refractivity contribution is 0.0972. The van der Waals surface area contributed by atoms with Crippen LogP contribution in [0.25, 0.3) is 21.9 Å². The largest absolute Gasteiger partial charge is 0.315 e. The van der Waals surface area contributed by atoms with Crippen LogP contribution in [-0.2, 0) is 7.05 Å². The molecule has 1 N–H and O–H groups in total. The summed E-state index contributed by atoms with van der Waals surface area (Å²) in [7, 11) is 1.90. The zero-order valence-electron chi connectivity index (χ0n) is 17.5. The van der Waals surface area contributed by atoms with Crippen molar-refractivity contribution in [1.29, 1.82) is 0 Å². The summed E-state index contributed by atoms with van der Waals surface area (Å²) in [5.41, 5.74) is 2.73. The molecule has 0 spiro atoms. The number of anilines is 1. The number of hydrogen-bond acceptors (Lipinski definition) is 4. The number of fused-ring (bicyclic) bond motifs is 1. The number of pyridine rings is 1. The predicted octanol–water partition coefficient (Wildman–Crippen LogP) is 4.03. The number of nitrogens with one attached hydrogen (secondary N) is 1. The van der Waals surface area contributed by atoms with E-state index in [2.05, 4.69) is 21.5 Å². The maximum atomic E-state index is 13.8. The first-order chi connectivity index (χ1) is 15.2. The van der Waals surface area contributed by atoms with Gasteiger partial charge in [0.05, 0.1) is 12.2 Å². The predicted molar refractivity (Wildman–Crippen MR) is 123 cm³/mol. The standard InChI is InChI=1S/C25H25N5O/c1-29-17-21(15-28-29)18-8-10-20(11-9-18)25(31)30(22-6-4-13-26-16-22)24-23-7-3-2-5-19(23)12-14-27-24/h2-3,5,7-12,14-15,17,22,26H,4,6,13,16H2,1H3/t22-/m1/s1. The van der Waals surface area contributed by atoms with Crippen LogP contribution in [-0.4, -0.2) is 39.8 Å². The van der Waals surface area contributed by atoms with Gasteiger partial charge in [-0.25, -0.2) is 4.98 Å². The van der Waals surface area contributed by atoms with Gasteiger partial charge >= 0.3 is 0 Å². The van der Waals surface area contributed by atoms with Crippen molar-refractivity contribution in [2.75, 3.05) is 18.0 Å². The lowest BCUT2D eigenvalue weighted by atomic mass is 10.0. The van der Waals surface area contributed by atoms with Gasteiger partial charge in [0.2, 0.25) is 0 Å². The van der Waals surface area contributed by atoms with Crippen molar-refractivity contribution < 1.29 is 4.79 Å². The van der Waals surface area contributed by atoms with Crippen LogP contribution in [0.2, 0.25) is 0 Å². The van der Waals surface area contributed by atoms with Crippen LogP contribution in [0.3, 0.4) is 0 Å². The van der Waals surface area contributed by atoms with E-state index in [-0.39, 0.29) is 11.9 Å². The molecular weight excluding hydrogens is 386 g/mol. The van der Waals surface area contributed by atoms with E-state index in [9.17, 15) is 4.79 Å². The summed E-state index contributed by atoms with van der Waals surface area (Å²) in [5, 5.41) is 9.76. The third-order valence-electron chi connectivity index (χ3n) is 5.91. The lowest BCUT2D eigenvalue weighted by Gasteiger charge is -2.34. The molecule has 1 fully saturated rings. The third-order valence-corrected chi connectivity index (χ3v) is 5.91. The summed E-state index contributed by atoms with van der Waals surface area (Å²) in [5.74, 6) is 0.712. The van der Waals surface area contributed by atoms with Gasteiger partial charge in [-0.05, 0) is 48.5 Å². The zero-order valence-corrected chi connectivity index (χ0v) is 17.5. The fourth-order valence-corrected chi connectivity index (χ4v) is 4.30. The van der Waals surface area contributed by atoms with Crippen molar-refractivity contribution in [2.45, 2.75) is 18.9 Å². The summed E-state index contributed by atoms with van der Waals surface area (Å²) in [6.45, 7) is 1.76. The second-order valence-corrected chi connectivity index (χ2v) is 8.01. The number of carbonyl (C=O) groups excluding carboxylic acids is 1. The van der Waals surface area contributed by atoms with E-state index < -0.39 is 0 Å². The molecule has 1 aliphatic heterocycles. The Hall–Kier alpha value is -3.51. The van der Waals surface area contributed by atoms with Crippen LogP contribution >= 0.6 is 0 Å². The monoisotopic (exact) mass is 411 g/mol. The van der Waals surface area contributed by atoms with Gasteiger partial charge in [0, 0.05) is 42.5 Å². The summed E-state index contributed by atoms with van der Waals surface area (Å²) < 4.78 is 1.78. The smallest absolute Gasteiger partial charge is 0.259 e.